The molecule has 7 heteroatoms. The highest BCUT2D eigenvalue weighted by Gasteiger charge is 2.27. The molecule has 2 saturated heterocycles. The van der Waals surface area contributed by atoms with E-state index in [0.717, 1.165) is 63.1 Å². The molecule has 2 aliphatic rings. The summed E-state index contributed by atoms with van der Waals surface area (Å²) >= 11 is 0. The van der Waals surface area contributed by atoms with E-state index in [0.29, 0.717) is 12.6 Å². The van der Waals surface area contributed by atoms with Crippen LogP contribution in [0.1, 0.15) is 30.4 Å². The molecule has 2 fully saturated rings. The van der Waals surface area contributed by atoms with Crippen molar-refractivity contribution in [3.63, 3.8) is 0 Å². The number of nitrogens with zero attached hydrogens (tertiary/aromatic N) is 4. The van der Waals surface area contributed by atoms with Crippen LogP contribution >= 0.6 is 0 Å². The molecule has 0 radical (unpaired) electrons. The molecule has 0 spiro atoms. The second-order valence-electron chi connectivity index (χ2n) is 6.71. The molecule has 2 aromatic heterocycles. The van der Waals surface area contributed by atoms with Gasteiger partial charge in [-0.1, -0.05) is 6.07 Å². The number of ether oxygens (including phenoxy) is 2. The van der Waals surface area contributed by atoms with Crippen LogP contribution in [0.15, 0.2) is 36.7 Å². The molecule has 138 valence electrons. The first kappa shape index (κ1) is 17.3. The van der Waals surface area contributed by atoms with Gasteiger partial charge in [-0.25, -0.2) is 9.97 Å². The SMILES string of the molecule is c1ccc(CN2CCOC[C@H]2c2nccc(NC3CCOCC3)n2)nc1. The van der Waals surface area contributed by atoms with Crippen LogP contribution in [0, 0.1) is 0 Å². The summed E-state index contributed by atoms with van der Waals surface area (Å²) in [5, 5.41) is 3.52. The predicted octanol–water partition coefficient (Wildman–Crippen LogP) is 2.04. The van der Waals surface area contributed by atoms with Gasteiger partial charge >= 0.3 is 0 Å². The van der Waals surface area contributed by atoms with Crippen LogP contribution in [0.3, 0.4) is 0 Å². The number of nitrogens with one attached hydrogen (secondary N) is 1. The fraction of sp³-hybridized carbons (Fsp3) is 0.526. The number of hydrogen-bond acceptors (Lipinski definition) is 7. The molecule has 7 nitrogen and oxygen atoms in total. The lowest BCUT2D eigenvalue weighted by Gasteiger charge is -2.34. The zero-order valence-corrected chi connectivity index (χ0v) is 14.9. The lowest BCUT2D eigenvalue weighted by atomic mass is 10.1. The maximum atomic E-state index is 5.72. The standard InChI is InChI=1S/C19H25N5O2/c1-2-7-20-16(3-1)13-24-9-12-26-14-17(24)19-21-8-4-18(23-19)22-15-5-10-25-11-6-15/h1-4,7-8,15,17H,5-6,9-14H2,(H,21,22,23)/t17-/m0/s1. The molecule has 1 N–H and O–H groups in total. The quantitative estimate of drug-likeness (QED) is 0.880. The summed E-state index contributed by atoms with van der Waals surface area (Å²) in [5.74, 6) is 1.68. The van der Waals surface area contributed by atoms with Crippen LogP contribution in [0.5, 0.6) is 0 Å². The van der Waals surface area contributed by atoms with Crippen LogP contribution < -0.4 is 5.32 Å². The molecule has 2 aromatic rings. The molecule has 0 saturated carbocycles. The van der Waals surface area contributed by atoms with Crippen molar-refractivity contribution >= 4 is 5.82 Å². The monoisotopic (exact) mass is 355 g/mol. The molecule has 0 aromatic carbocycles. The second kappa shape index (κ2) is 8.53. The molecular weight excluding hydrogens is 330 g/mol. The third-order valence-corrected chi connectivity index (χ3v) is 4.88. The van der Waals surface area contributed by atoms with E-state index in [-0.39, 0.29) is 6.04 Å². The number of rotatable bonds is 5. The van der Waals surface area contributed by atoms with Crippen molar-refractivity contribution in [3.8, 4) is 0 Å². The Kier molecular flexibility index (Phi) is 5.68. The highest BCUT2D eigenvalue weighted by Crippen LogP contribution is 2.24. The normalized spacial score (nSPS) is 22.2. The minimum Gasteiger partial charge on any atom is -0.381 e. The highest BCUT2D eigenvalue weighted by atomic mass is 16.5. The fourth-order valence-corrected chi connectivity index (χ4v) is 3.43. The fourth-order valence-electron chi connectivity index (χ4n) is 3.43. The van der Waals surface area contributed by atoms with Crippen LogP contribution in [0.2, 0.25) is 0 Å². The van der Waals surface area contributed by atoms with E-state index < -0.39 is 0 Å². The average Bonchev–Trinajstić information content (AvgIpc) is 2.70. The van der Waals surface area contributed by atoms with Gasteiger partial charge in [0.25, 0.3) is 0 Å². The molecule has 4 heterocycles. The second-order valence-corrected chi connectivity index (χ2v) is 6.71. The number of anilines is 1. The summed E-state index contributed by atoms with van der Waals surface area (Å²) in [7, 11) is 0. The summed E-state index contributed by atoms with van der Waals surface area (Å²) in [4.78, 5) is 16.1. The number of pyridine rings is 1. The number of hydrogen-bond donors (Lipinski definition) is 1. The Hall–Kier alpha value is -2.09. The van der Waals surface area contributed by atoms with E-state index in [1.165, 1.54) is 0 Å². The third-order valence-electron chi connectivity index (χ3n) is 4.88. The van der Waals surface area contributed by atoms with Gasteiger partial charge in [0, 0.05) is 44.7 Å². The van der Waals surface area contributed by atoms with Gasteiger partial charge in [0.2, 0.25) is 0 Å². The number of aromatic nitrogens is 3. The van der Waals surface area contributed by atoms with Gasteiger partial charge in [-0.15, -0.1) is 0 Å². The van der Waals surface area contributed by atoms with E-state index in [4.69, 9.17) is 14.5 Å². The lowest BCUT2D eigenvalue weighted by Crippen LogP contribution is -2.40. The first-order valence-electron chi connectivity index (χ1n) is 9.27. The summed E-state index contributed by atoms with van der Waals surface area (Å²) in [6.45, 7) is 4.57. The smallest absolute Gasteiger partial charge is 0.150 e. The minimum atomic E-state index is 0.0437. The molecule has 0 unspecified atom stereocenters. The average molecular weight is 355 g/mol. The van der Waals surface area contributed by atoms with E-state index in [2.05, 4.69) is 26.3 Å². The number of morpholine rings is 1. The zero-order chi connectivity index (χ0) is 17.6. The predicted molar refractivity (Wildman–Crippen MR) is 97.7 cm³/mol. The maximum Gasteiger partial charge on any atom is 0.150 e. The van der Waals surface area contributed by atoms with Crippen LogP contribution in [0.4, 0.5) is 5.82 Å². The Balaban J connectivity index is 1.47. The Bertz CT molecular complexity index is 693. The van der Waals surface area contributed by atoms with Gasteiger partial charge < -0.3 is 14.8 Å². The lowest BCUT2D eigenvalue weighted by molar-refractivity contribution is -0.0164. The van der Waals surface area contributed by atoms with Crippen LogP contribution in [0.25, 0.3) is 0 Å². The summed E-state index contributed by atoms with van der Waals surface area (Å²) in [6.07, 6.45) is 5.69. The zero-order valence-electron chi connectivity index (χ0n) is 14.9. The largest absolute Gasteiger partial charge is 0.381 e. The summed E-state index contributed by atoms with van der Waals surface area (Å²) in [5.41, 5.74) is 1.05. The van der Waals surface area contributed by atoms with Crippen molar-refractivity contribution in [3.05, 3.63) is 48.2 Å². The van der Waals surface area contributed by atoms with Crippen LogP contribution in [-0.2, 0) is 16.0 Å². The Morgan fingerprint density at radius 2 is 1.96 bits per heavy atom. The van der Waals surface area contributed by atoms with E-state index in [1.54, 1.807) is 0 Å². The van der Waals surface area contributed by atoms with Crippen molar-refractivity contribution in [2.75, 3.05) is 38.3 Å². The van der Waals surface area contributed by atoms with Crippen molar-refractivity contribution in [1.29, 1.82) is 0 Å². The Morgan fingerprint density at radius 1 is 1.04 bits per heavy atom. The van der Waals surface area contributed by atoms with Gasteiger partial charge in [0.15, 0.2) is 0 Å². The third kappa shape index (κ3) is 4.35. The molecule has 2 aliphatic heterocycles. The molecule has 0 amide bonds. The van der Waals surface area contributed by atoms with Gasteiger partial charge in [-0.3, -0.25) is 9.88 Å². The molecular formula is C19H25N5O2. The highest BCUT2D eigenvalue weighted by molar-refractivity contribution is 5.34. The van der Waals surface area contributed by atoms with Crippen LogP contribution in [-0.4, -0.2) is 58.9 Å². The van der Waals surface area contributed by atoms with E-state index >= 15 is 0 Å². The van der Waals surface area contributed by atoms with Gasteiger partial charge in [-0.2, -0.15) is 0 Å². The molecule has 0 bridgehead atoms. The van der Waals surface area contributed by atoms with Gasteiger partial charge in [-0.05, 0) is 31.0 Å². The summed E-state index contributed by atoms with van der Waals surface area (Å²) < 4.78 is 11.1. The van der Waals surface area contributed by atoms with Crippen molar-refractivity contribution in [2.45, 2.75) is 31.5 Å². The van der Waals surface area contributed by atoms with E-state index in [9.17, 15) is 0 Å². The van der Waals surface area contributed by atoms with Gasteiger partial charge in [0.1, 0.15) is 11.6 Å². The van der Waals surface area contributed by atoms with Crippen molar-refractivity contribution in [2.24, 2.45) is 0 Å². The van der Waals surface area contributed by atoms with E-state index in [1.807, 2.05) is 30.6 Å². The van der Waals surface area contributed by atoms with Crippen molar-refractivity contribution in [1.82, 2.24) is 19.9 Å². The molecule has 26 heavy (non-hydrogen) atoms. The molecule has 0 aliphatic carbocycles. The Morgan fingerprint density at radius 3 is 2.81 bits per heavy atom. The van der Waals surface area contributed by atoms with Crippen molar-refractivity contribution < 1.29 is 9.47 Å². The topological polar surface area (TPSA) is 72.4 Å². The molecule has 1 atom stereocenters. The molecule has 4 rings (SSSR count). The van der Waals surface area contributed by atoms with Gasteiger partial charge in [0.05, 0.1) is 24.9 Å². The first-order valence-corrected chi connectivity index (χ1v) is 9.27. The Labute approximate surface area is 153 Å². The summed E-state index contributed by atoms with van der Waals surface area (Å²) in [6, 6.07) is 8.41. The first-order chi connectivity index (χ1) is 12.9. The minimum absolute atomic E-state index is 0.0437. The maximum absolute atomic E-state index is 5.72.